The zero-order chi connectivity index (χ0) is 21.3. The second kappa shape index (κ2) is 8.50. The number of anilines is 1. The van der Waals surface area contributed by atoms with Crippen molar-refractivity contribution in [3.63, 3.8) is 0 Å². The van der Waals surface area contributed by atoms with Gasteiger partial charge < -0.3 is 15.6 Å². The number of carbonyl (C=O) groups excluding carboxylic acids is 1. The van der Waals surface area contributed by atoms with E-state index in [-0.39, 0.29) is 11.9 Å². The molecule has 2 aromatic carbocycles. The van der Waals surface area contributed by atoms with Gasteiger partial charge in [-0.1, -0.05) is 56.3 Å². The second-order valence-corrected chi connectivity index (χ2v) is 8.44. The highest BCUT2D eigenvalue weighted by molar-refractivity contribution is 6.02. The van der Waals surface area contributed by atoms with E-state index < -0.39 is 0 Å². The van der Waals surface area contributed by atoms with Crippen LogP contribution in [0.25, 0.3) is 11.4 Å². The summed E-state index contributed by atoms with van der Waals surface area (Å²) < 4.78 is 0. The molecular weight excluding hydrogens is 374 g/mol. The quantitative estimate of drug-likeness (QED) is 0.711. The lowest BCUT2D eigenvalue weighted by Gasteiger charge is -2.32. The first-order valence-corrected chi connectivity index (χ1v) is 10.7. The predicted octanol–water partition coefficient (Wildman–Crippen LogP) is 3.48. The minimum absolute atomic E-state index is 0.129. The Morgan fingerprint density at radius 3 is 2.47 bits per heavy atom. The van der Waals surface area contributed by atoms with E-state index in [1.54, 1.807) is 0 Å². The standard InChI is InChI=1S/C24H31N5O/c1-16(2)25-14-13-22(30)28-15-18-9-5-6-10-19(18)23-24(29(17(3)4)27-26-23)20-11-7-8-12-21(20)28/h5-12,16-17,25-27H,13-15H2,1-4H3. The van der Waals surface area contributed by atoms with Gasteiger partial charge >= 0.3 is 0 Å². The molecule has 6 nitrogen and oxygen atoms in total. The number of benzene rings is 2. The molecule has 0 saturated carbocycles. The molecule has 30 heavy (non-hydrogen) atoms. The molecule has 2 aliphatic heterocycles. The Bertz CT molecular complexity index is 966. The number of hydrazine groups is 2. The molecule has 6 heteroatoms. The molecule has 0 radical (unpaired) electrons. The third kappa shape index (κ3) is 3.80. The predicted molar refractivity (Wildman–Crippen MR) is 122 cm³/mol. The van der Waals surface area contributed by atoms with Crippen molar-refractivity contribution in [2.45, 2.75) is 52.7 Å². The number of para-hydroxylation sites is 1. The van der Waals surface area contributed by atoms with Gasteiger partial charge in [-0.05, 0) is 25.5 Å². The van der Waals surface area contributed by atoms with E-state index in [9.17, 15) is 4.79 Å². The summed E-state index contributed by atoms with van der Waals surface area (Å²) >= 11 is 0. The number of carbonyl (C=O) groups is 1. The Balaban J connectivity index is 1.83. The zero-order valence-electron chi connectivity index (χ0n) is 18.2. The van der Waals surface area contributed by atoms with Crippen LogP contribution in [-0.2, 0) is 11.3 Å². The molecule has 0 unspecified atom stereocenters. The third-order valence-electron chi connectivity index (χ3n) is 5.55. The molecule has 0 atom stereocenters. The Morgan fingerprint density at radius 1 is 1.03 bits per heavy atom. The van der Waals surface area contributed by atoms with Crippen molar-refractivity contribution in [2.75, 3.05) is 11.4 Å². The van der Waals surface area contributed by atoms with E-state index in [0.29, 0.717) is 25.6 Å². The first kappa shape index (κ1) is 20.4. The fourth-order valence-electron chi connectivity index (χ4n) is 4.09. The van der Waals surface area contributed by atoms with Crippen LogP contribution in [0.4, 0.5) is 5.69 Å². The highest BCUT2D eigenvalue weighted by atomic mass is 16.2. The van der Waals surface area contributed by atoms with Crippen LogP contribution >= 0.6 is 0 Å². The van der Waals surface area contributed by atoms with Crippen molar-refractivity contribution in [1.29, 1.82) is 0 Å². The van der Waals surface area contributed by atoms with Gasteiger partial charge in [0.05, 0.1) is 23.6 Å². The normalized spacial score (nSPS) is 15.5. The highest BCUT2D eigenvalue weighted by Gasteiger charge is 2.33. The van der Waals surface area contributed by atoms with Crippen molar-refractivity contribution in [3.8, 4) is 0 Å². The molecule has 1 amide bonds. The maximum absolute atomic E-state index is 13.3. The molecule has 3 N–H and O–H groups in total. The summed E-state index contributed by atoms with van der Waals surface area (Å²) in [5.74, 6) is 0.129. The van der Waals surface area contributed by atoms with Crippen LogP contribution < -0.4 is 21.2 Å². The van der Waals surface area contributed by atoms with Crippen LogP contribution in [-0.4, -0.2) is 29.5 Å². The molecule has 2 aromatic rings. The van der Waals surface area contributed by atoms with E-state index in [0.717, 1.165) is 33.8 Å². The fraction of sp³-hybridized carbons (Fsp3) is 0.375. The van der Waals surface area contributed by atoms with E-state index in [1.165, 1.54) is 0 Å². The smallest absolute Gasteiger partial charge is 0.228 e. The minimum Gasteiger partial charge on any atom is -0.314 e. The van der Waals surface area contributed by atoms with Crippen molar-refractivity contribution in [1.82, 2.24) is 21.3 Å². The molecule has 0 saturated heterocycles. The van der Waals surface area contributed by atoms with Crippen LogP contribution in [0.15, 0.2) is 48.5 Å². The SMILES string of the molecule is CC(C)NCCC(=O)N1Cc2ccccc2C2=C(c3ccccc31)N(C(C)C)NN2. The first-order chi connectivity index (χ1) is 14.5. The fourth-order valence-corrected chi connectivity index (χ4v) is 4.09. The van der Waals surface area contributed by atoms with Gasteiger partial charge in [0.15, 0.2) is 0 Å². The van der Waals surface area contributed by atoms with Crippen LogP contribution in [0.3, 0.4) is 0 Å². The molecule has 0 fully saturated rings. The van der Waals surface area contributed by atoms with Gasteiger partial charge in [0.25, 0.3) is 0 Å². The molecule has 0 bridgehead atoms. The summed E-state index contributed by atoms with van der Waals surface area (Å²) in [6.07, 6.45) is 0.463. The number of nitrogens with one attached hydrogen (secondary N) is 3. The lowest BCUT2D eigenvalue weighted by Crippen LogP contribution is -2.42. The van der Waals surface area contributed by atoms with E-state index in [1.807, 2.05) is 23.1 Å². The summed E-state index contributed by atoms with van der Waals surface area (Å²) in [6.45, 7) is 9.72. The summed E-state index contributed by atoms with van der Waals surface area (Å²) in [4.78, 5) is 15.3. The van der Waals surface area contributed by atoms with Gasteiger partial charge in [-0.15, -0.1) is 5.53 Å². The third-order valence-corrected chi connectivity index (χ3v) is 5.55. The first-order valence-electron chi connectivity index (χ1n) is 10.7. The van der Waals surface area contributed by atoms with Gasteiger partial charge in [-0.2, -0.15) is 0 Å². The van der Waals surface area contributed by atoms with Crippen LogP contribution in [0.1, 0.15) is 50.8 Å². The second-order valence-electron chi connectivity index (χ2n) is 8.44. The van der Waals surface area contributed by atoms with Gasteiger partial charge in [0.1, 0.15) is 0 Å². The summed E-state index contributed by atoms with van der Waals surface area (Å²) in [6, 6.07) is 17.1. The molecular formula is C24H31N5O. The highest BCUT2D eigenvalue weighted by Crippen LogP contribution is 2.40. The van der Waals surface area contributed by atoms with Gasteiger partial charge in [0.2, 0.25) is 5.91 Å². The zero-order valence-corrected chi connectivity index (χ0v) is 18.2. The largest absolute Gasteiger partial charge is 0.314 e. The molecule has 2 aliphatic rings. The van der Waals surface area contributed by atoms with Crippen molar-refractivity contribution in [2.24, 2.45) is 0 Å². The average molecular weight is 406 g/mol. The lowest BCUT2D eigenvalue weighted by atomic mass is 9.95. The lowest BCUT2D eigenvalue weighted by molar-refractivity contribution is -0.118. The van der Waals surface area contributed by atoms with Crippen molar-refractivity contribution in [3.05, 3.63) is 65.2 Å². The molecule has 4 rings (SSSR count). The Hall–Kier alpha value is -2.83. The number of hydrogen-bond donors (Lipinski definition) is 3. The average Bonchev–Trinajstić information content (AvgIpc) is 3.15. The van der Waals surface area contributed by atoms with Crippen LogP contribution in [0, 0.1) is 0 Å². The van der Waals surface area contributed by atoms with Crippen LogP contribution in [0.5, 0.6) is 0 Å². The van der Waals surface area contributed by atoms with Gasteiger partial charge in [-0.25, -0.2) is 0 Å². The number of rotatable bonds is 5. The van der Waals surface area contributed by atoms with E-state index in [2.05, 4.69) is 79.3 Å². The Labute approximate surface area is 178 Å². The van der Waals surface area contributed by atoms with E-state index >= 15 is 0 Å². The molecule has 0 aliphatic carbocycles. The minimum atomic E-state index is 0.129. The van der Waals surface area contributed by atoms with Crippen molar-refractivity contribution < 1.29 is 4.79 Å². The van der Waals surface area contributed by atoms with Gasteiger partial charge in [-0.3, -0.25) is 9.80 Å². The topological polar surface area (TPSA) is 59.6 Å². The van der Waals surface area contributed by atoms with E-state index in [4.69, 9.17) is 0 Å². The molecule has 0 spiro atoms. The number of fused-ring (bicyclic) bond motifs is 4. The monoisotopic (exact) mass is 405 g/mol. The summed E-state index contributed by atoms with van der Waals surface area (Å²) in [5.41, 5.74) is 13.1. The molecule has 2 heterocycles. The Kier molecular flexibility index (Phi) is 5.79. The maximum Gasteiger partial charge on any atom is 0.228 e. The summed E-state index contributed by atoms with van der Waals surface area (Å²) in [7, 11) is 0. The number of nitrogens with zero attached hydrogens (tertiary/aromatic N) is 2. The van der Waals surface area contributed by atoms with Crippen LogP contribution in [0.2, 0.25) is 0 Å². The van der Waals surface area contributed by atoms with Crippen molar-refractivity contribution >= 4 is 23.0 Å². The summed E-state index contributed by atoms with van der Waals surface area (Å²) in [5, 5.41) is 5.50. The van der Waals surface area contributed by atoms with Gasteiger partial charge in [0, 0.05) is 36.2 Å². The number of hydrogen-bond acceptors (Lipinski definition) is 5. The Morgan fingerprint density at radius 2 is 1.73 bits per heavy atom. The molecule has 158 valence electrons. The number of amides is 1. The maximum atomic E-state index is 13.3. The molecule has 0 aromatic heterocycles.